The van der Waals surface area contributed by atoms with Crippen LogP contribution in [0.5, 0.6) is 5.75 Å². The molecule has 0 aromatic heterocycles. The molecule has 1 fully saturated rings. The van der Waals surface area contributed by atoms with Gasteiger partial charge in [0.15, 0.2) is 0 Å². The molecular weight excluding hydrogens is 370 g/mol. The van der Waals surface area contributed by atoms with E-state index in [1.54, 1.807) is 30.6 Å². The maximum Gasteiger partial charge on any atom is 0.410 e. The van der Waals surface area contributed by atoms with Crippen LogP contribution in [0.2, 0.25) is 0 Å². The number of nitrogens with zero attached hydrogens (tertiary/aromatic N) is 2. The molecule has 2 rings (SSSR count). The van der Waals surface area contributed by atoms with Crippen LogP contribution in [0.15, 0.2) is 24.3 Å². The van der Waals surface area contributed by atoms with E-state index in [2.05, 4.69) is 4.74 Å². The zero-order valence-electron chi connectivity index (χ0n) is 17.4. The largest absolute Gasteiger partial charge is 0.444 e. The fraction of sp³-hybridized carbons (Fsp3) is 0.600. The monoisotopic (exact) mass is 400 g/mol. The van der Waals surface area contributed by atoms with Gasteiger partial charge in [-0.3, -0.25) is 4.79 Å². The number of amides is 2. The third kappa shape index (κ3) is 6.98. The normalized spacial score (nSPS) is 17.0. The lowest BCUT2D eigenvalue weighted by Gasteiger charge is -2.40. The van der Waals surface area contributed by atoms with Crippen LogP contribution >= 0.6 is 0 Å². The quantitative estimate of drug-likeness (QED) is 0.755. The van der Waals surface area contributed by atoms with E-state index in [0.29, 0.717) is 25.2 Å². The zero-order valence-corrected chi connectivity index (χ0v) is 17.4. The van der Waals surface area contributed by atoms with Gasteiger partial charge in [-0.1, -0.05) is 13.8 Å². The van der Waals surface area contributed by atoms with Crippen molar-refractivity contribution in [1.29, 1.82) is 0 Å². The van der Waals surface area contributed by atoms with Crippen molar-refractivity contribution in [2.45, 2.75) is 59.8 Å². The van der Waals surface area contributed by atoms with E-state index in [0.717, 1.165) is 0 Å². The second-order valence-corrected chi connectivity index (χ2v) is 7.18. The smallest absolute Gasteiger partial charge is 0.410 e. The fourth-order valence-electron chi connectivity index (χ4n) is 2.70. The van der Waals surface area contributed by atoms with Gasteiger partial charge in [-0.25, -0.2) is 4.79 Å². The van der Waals surface area contributed by atoms with Gasteiger partial charge in [0.2, 0.25) is 0 Å². The summed E-state index contributed by atoms with van der Waals surface area (Å²) in [5.41, 5.74) is -0.198. The van der Waals surface area contributed by atoms with E-state index in [9.17, 15) is 18.4 Å². The average molecular weight is 400 g/mol. The van der Waals surface area contributed by atoms with Crippen LogP contribution in [0.3, 0.4) is 0 Å². The van der Waals surface area contributed by atoms with Crippen LogP contribution in [-0.2, 0) is 4.74 Å². The van der Waals surface area contributed by atoms with Gasteiger partial charge in [0.25, 0.3) is 5.91 Å². The number of carbonyl (C=O) groups is 2. The molecule has 28 heavy (non-hydrogen) atoms. The summed E-state index contributed by atoms with van der Waals surface area (Å²) < 4.78 is 34.0. The van der Waals surface area contributed by atoms with Gasteiger partial charge < -0.3 is 19.3 Å². The fourth-order valence-corrected chi connectivity index (χ4v) is 2.70. The summed E-state index contributed by atoms with van der Waals surface area (Å²) in [5, 5.41) is 0. The van der Waals surface area contributed by atoms with E-state index in [-0.39, 0.29) is 17.7 Å². The Morgan fingerprint density at radius 1 is 1.11 bits per heavy atom. The molecule has 0 N–H and O–H groups in total. The Morgan fingerprint density at radius 3 is 2.14 bits per heavy atom. The van der Waals surface area contributed by atoms with Crippen molar-refractivity contribution in [3.05, 3.63) is 29.8 Å². The molecular formula is C20H30F2N2O4. The molecule has 8 heteroatoms. The first-order valence-corrected chi connectivity index (χ1v) is 9.40. The maximum atomic E-state index is 12.6. The summed E-state index contributed by atoms with van der Waals surface area (Å²) in [5.74, 6) is -0.219. The van der Waals surface area contributed by atoms with E-state index < -0.39 is 18.3 Å². The van der Waals surface area contributed by atoms with E-state index >= 15 is 0 Å². The Kier molecular flexibility index (Phi) is 8.65. The lowest BCUT2D eigenvalue weighted by Crippen LogP contribution is -2.56. The molecule has 0 aliphatic carbocycles. The number of halogens is 2. The van der Waals surface area contributed by atoms with E-state index in [1.165, 1.54) is 24.3 Å². The summed E-state index contributed by atoms with van der Waals surface area (Å²) in [6, 6.07) is 5.37. The summed E-state index contributed by atoms with van der Waals surface area (Å²) in [4.78, 5) is 28.0. The molecule has 2 amide bonds. The van der Waals surface area contributed by atoms with Crippen molar-refractivity contribution in [3.63, 3.8) is 0 Å². The number of carbonyl (C=O) groups excluding carboxylic acids is 2. The molecule has 6 nitrogen and oxygen atoms in total. The van der Waals surface area contributed by atoms with Crippen LogP contribution in [-0.4, -0.2) is 59.7 Å². The van der Waals surface area contributed by atoms with Crippen molar-refractivity contribution in [2.24, 2.45) is 0 Å². The lowest BCUT2D eigenvalue weighted by molar-refractivity contribution is -0.0498. The van der Waals surface area contributed by atoms with Gasteiger partial charge in [0.1, 0.15) is 11.4 Å². The number of hydrogen-bond acceptors (Lipinski definition) is 4. The Morgan fingerprint density at radius 2 is 1.68 bits per heavy atom. The average Bonchev–Trinajstić information content (AvgIpc) is 2.61. The first-order valence-electron chi connectivity index (χ1n) is 9.40. The Labute approximate surface area is 165 Å². The van der Waals surface area contributed by atoms with E-state index in [4.69, 9.17) is 4.74 Å². The predicted molar refractivity (Wildman–Crippen MR) is 103 cm³/mol. The Bertz CT molecular complexity index is 645. The SMILES string of the molecule is CC.CC1CN(C(=O)c2ccc(OC(F)F)cc2)CCN1C(=O)OC(C)(C)C. The third-order valence-corrected chi connectivity index (χ3v) is 3.87. The summed E-state index contributed by atoms with van der Waals surface area (Å²) >= 11 is 0. The first kappa shape index (κ1) is 23.7. The molecule has 1 unspecified atom stereocenters. The second-order valence-electron chi connectivity index (χ2n) is 7.18. The van der Waals surface area contributed by atoms with Gasteiger partial charge >= 0.3 is 12.7 Å². The number of ether oxygens (including phenoxy) is 2. The molecule has 0 bridgehead atoms. The Hall–Kier alpha value is -2.38. The highest BCUT2D eigenvalue weighted by Gasteiger charge is 2.32. The third-order valence-electron chi connectivity index (χ3n) is 3.87. The predicted octanol–water partition coefficient (Wildman–Crippen LogP) is 4.40. The van der Waals surface area contributed by atoms with Crippen molar-refractivity contribution >= 4 is 12.0 Å². The molecule has 1 aliphatic rings. The van der Waals surface area contributed by atoms with Crippen LogP contribution < -0.4 is 4.74 Å². The van der Waals surface area contributed by atoms with Gasteiger partial charge in [-0.05, 0) is 52.0 Å². The molecule has 0 radical (unpaired) electrons. The highest BCUT2D eigenvalue weighted by atomic mass is 19.3. The van der Waals surface area contributed by atoms with Crippen LogP contribution in [0.1, 0.15) is 51.9 Å². The van der Waals surface area contributed by atoms with Crippen molar-refractivity contribution < 1.29 is 27.8 Å². The minimum Gasteiger partial charge on any atom is -0.444 e. The number of piperazine rings is 1. The van der Waals surface area contributed by atoms with Crippen LogP contribution in [0.25, 0.3) is 0 Å². The molecule has 1 saturated heterocycles. The van der Waals surface area contributed by atoms with E-state index in [1.807, 2.05) is 20.8 Å². The minimum atomic E-state index is -2.90. The van der Waals surface area contributed by atoms with Gasteiger partial charge in [-0.2, -0.15) is 8.78 Å². The minimum absolute atomic E-state index is 0.000312. The molecule has 1 heterocycles. The van der Waals surface area contributed by atoms with Gasteiger partial charge in [0, 0.05) is 31.2 Å². The van der Waals surface area contributed by atoms with Crippen molar-refractivity contribution in [3.8, 4) is 5.75 Å². The molecule has 158 valence electrons. The summed E-state index contributed by atoms with van der Waals surface area (Å²) in [6.45, 7) is 9.46. The van der Waals surface area contributed by atoms with Gasteiger partial charge in [-0.15, -0.1) is 0 Å². The number of alkyl halides is 2. The summed E-state index contributed by atoms with van der Waals surface area (Å²) in [7, 11) is 0. The second kappa shape index (κ2) is 10.2. The zero-order chi connectivity index (χ0) is 21.5. The van der Waals surface area contributed by atoms with Crippen molar-refractivity contribution in [1.82, 2.24) is 9.80 Å². The molecule has 1 aliphatic heterocycles. The maximum absolute atomic E-state index is 12.6. The molecule has 0 saturated carbocycles. The van der Waals surface area contributed by atoms with Crippen LogP contribution in [0, 0.1) is 0 Å². The highest BCUT2D eigenvalue weighted by molar-refractivity contribution is 5.94. The Balaban J connectivity index is 0.00000190. The number of benzene rings is 1. The molecule has 1 aromatic carbocycles. The molecule has 0 spiro atoms. The lowest BCUT2D eigenvalue weighted by atomic mass is 10.1. The number of rotatable bonds is 3. The van der Waals surface area contributed by atoms with Crippen molar-refractivity contribution in [2.75, 3.05) is 19.6 Å². The topological polar surface area (TPSA) is 59.1 Å². The summed E-state index contributed by atoms with van der Waals surface area (Å²) in [6.07, 6.45) is -0.398. The highest BCUT2D eigenvalue weighted by Crippen LogP contribution is 2.19. The van der Waals surface area contributed by atoms with Gasteiger partial charge in [0.05, 0.1) is 0 Å². The first-order chi connectivity index (χ1) is 13.1. The number of hydrogen-bond donors (Lipinski definition) is 0. The van der Waals surface area contributed by atoms with Crippen LogP contribution in [0.4, 0.5) is 13.6 Å². The molecule has 1 atom stereocenters. The standard InChI is InChI=1S/C18H24F2N2O4.C2H6/c1-12-11-21(9-10-22(12)17(24)26-18(2,3)4)15(23)13-5-7-14(8-6-13)25-16(19)20;1-2/h5-8,12,16H,9-11H2,1-4H3;1-2H3. The molecule has 1 aromatic rings.